The van der Waals surface area contributed by atoms with E-state index < -0.39 is 0 Å². The van der Waals surface area contributed by atoms with Gasteiger partial charge in [0.2, 0.25) is 0 Å². The molecule has 0 aliphatic heterocycles. The first-order valence-corrected chi connectivity index (χ1v) is 9.45. The van der Waals surface area contributed by atoms with E-state index >= 15 is 0 Å². The van der Waals surface area contributed by atoms with Gasteiger partial charge in [0.05, 0.1) is 0 Å². The summed E-state index contributed by atoms with van der Waals surface area (Å²) < 4.78 is 0. The van der Waals surface area contributed by atoms with Crippen LogP contribution in [0.1, 0.15) is 75.1 Å². The Hall–Kier alpha value is -0.280. The van der Waals surface area contributed by atoms with E-state index in [2.05, 4.69) is 12.3 Å². The molecule has 1 nitrogen and oxygen atoms in total. The van der Waals surface area contributed by atoms with E-state index in [4.69, 9.17) is 0 Å². The third-order valence-corrected chi connectivity index (χ3v) is 5.36. The Kier molecular flexibility index (Phi) is 10.2. The maximum absolute atomic E-state index is 10.8. The fraction of sp³-hybridized carbons (Fsp3) is 0.688. The van der Waals surface area contributed by atoms with Crippen molar-refractivity contribution in [2.24, 2.45) is 0 Å². The number of hydrogen-bond acceptors (Lipinski definition) is 3. The van der Waals surface area contributed by atoms with Crippen LogP contribution in [-0.4, -0.2) is 12.0 Å². The highest BCUT2D eigenvalue weighted by atomic mass is 32.2. The average molecular weight is 299 g/mol. The molecule has 1 aromatic heterocycles. The third-order valence-electron chi connectivity index (χ3n) is 3.29. The van der Waals surface area contributed by atoms with Crippen molar-refractivity contribution in [3.63, 3.8) is 0 Å². The summed E-state index contributed by atoms with van der Waals surface area (Å²) >= 11 is 3.45. The second-order valence-corrected chi connectivity index (χ2v) is 6.87. The first kappa shape index (κ1) is 16.8. The molecule has 0 saturated heterocycles. The van der Waals surface area contributed by atoms with Crippen LogP contribution in [0.2, 0.25) is 0 Å². The van der Waals surface area contributed by atoms with Gasteiger partial charge in [0.1, 0.15) is 0 Å². The molecule has 0 aliphatic carbocycles. The highest BCUT2D eigenvalue weighted by Gasteiger charge is 2.02. The van der Waals surface area contributed by atoms with Crippen LogP contribution in [-0.2, 0) is 0 Å². The normalized spacial score (nSPS) is 10.8. The van der Waals surface area contributed by atoms with Gasteiger partial charge in [0.15, 0.2) is 6.29 Å². The molecule has 0 saturated carbocycles. The molecule has 108 valence electrons. The fourth-order valence-electron chi connectivity index (χ4n) is 2.09. The summed E-state index contributed by atoms with van der Waals surface area (Å²) in [7, 11) is 0. The molecule has 0 N–H and O–H groups in total. The molecule has 0 radical (unpaired) electrons. The summed E-state index contributed by atoms with van der Waals surface area (Å²) in [6, 6.07) is 0. The molecule has 0 aromatic carbocycles. The molecule has 0 aliphatic rings. The lowest BCUT2D eigenvalue weighted by atomic mass is 10.1. The van der Waals surface area contributed by atoms with Crippen LogP contribution in [0.25, 0.3) is 0 Å². The molecule has 0 bridgehead atoms. The molecule has 0 unspecified atom stereocenters. The van der Waals surface area contributed by atoms with E-state index in [0.29, 0.717) is 0 Å². The molecule has 1 rings (SSSR count). The zero-order chi connectivity index (χ0) is 13.8. The van der Waals surface area contributed by atoms with Crippen molar-refractivity contribution in [2.75, 3.05) is 5.75 Å². The number of thioether (sulfide) groups is 1. The monoisotopic (exact) mass is 298 g/mol. The van der Waals surface area contributed by atoms with Gasteiger partial charge in [-0.15, -0.1) is 11.8 Å². The van der Waals surface area contributed by atoms with Gasteiger partial charge in [0.25, 0.3) is 0 Å². The summed E-state index contributed by atoms with van der Waals surface area (Å²) in [6.07, 6.45) is 13.3. The first-order chi connectivity index (χ1) is 9.38. The van der Waals surface area contributed by atoms with Crippen molar-refractivity contribution in [1.82, 2.24) is 0 Å². The summed E-state index contributed by atoms with van der Waals surface area (Å²) in [5.41, 5.74) is 0.867. The van der Waals surface area contributed by atoms with Crippen LogP contribution in [0.4, 0.5) is 0 Å². The highest BCUT2D eigenvalue weighted by molar-refractivity contribution is 7.99. The van der Waals surface area contributed by atoms with E-state index in [1.165, 1.54) is 62.7 Å². The van der Waals surface area contributed by atoms with E-state index in [9.17, 15) is 4.79 Å². The topological polar surface area (TPSA) is 17.1 Å². The van der Waals surface area contributed by atoms with Crippen molar-refractivity contribution >= 4 is 29.4 Å². The largest absolute Gasteiger partial charge is 0.298 e. The Bertz CT molecular complexity index is 333. The predicted octanol–water partition coefficient (Wildman–Crippen LogP) is 6.18. The Labute approximate surface area is 126 Å². The highest BCUT2D eigenvalue weighted by Crippen LogP contribution is 2.26. The SMILES string of the molecule is CCCCCCCCCCCSc1cscc1C=O. The van der Waals surface area contributed by atoms with Gasteiger partial charge >= 0.3 is 0 Å². The summed E-state index contributed by atoms with van der Waals surface area (Å²) in [5.74, 6) is 1.15. The van der Waals surface area contributed by atoms with Crippen molar-refractivity contribution in [1.29, 1.82) is 0 Å². The Morgan fingerprint density at radius 3 is 2.26 bits per heavy atom. The van der Waals surface area contributed by atoms with Crippen molar-refractivity contribution < 1.29 is 4.79 Å². The lowest BCUT2D eigenvalue weighted by Gasteiger charge is -2.02. The standard InChI is InChI=1S/C16H26OS2/c1-2-3-4-5-6-7-8-9-10-11-19-16-14-18-13-15(16)12-17/h12-14H,2-11H2,1H3. The second kappa shape index (κ2) is 11.5. The van der Waals surface area contributed by atoms with Crippen LogP contribution in [0.15, 0.2) is 15.7 Å². The number of rotatable bonds is 12. The van der Waals surface area contributed by atoms with Gasteiger partial charge < -0.3 is 0 Å². The summed E-state index contributed by atoms with van der Waals surface area (Å²) in [4.78, 5) is 11.9. The first-order valence-electron chi connectivity index (χ1n) is 7.52. The number of unbranched alkanes of at least 4 members (excludes halogenated alkanes) is 8. The van der Waals surface area contributed by atoms with Crippen molar-refractivity contribution in [3.05, 3.63) is 16.3 Å². The Morgan fingerprint density at radius 2 is 1.63 bits per heavy atom. The molecule has 19 heavy (non-hydrogen) atoms. The molecule has 3 heteroatoms. The number of carbonyl (C=O) groups excluding carboxylic acids is 1. The minimum absolute atomic E-state index is 0.867. The van der Waals surface area contributed by atoms with Gasteiger partial charge in [-0.25, -0.2) is 0 Å². The summed E-state index contributed by atoms with van der Waals surface area (Å²) in [5, 5.41) is 4.02. The van der Waals surface area contributed by atoms with Crippen LogP contribution in [0.3, 0.4) is 0 Å². The van der Waals surface area contributed by atoms with Crippen LogP contribution in [0.5, 0.6) is 0 Å². The minimum Gasteiger partial charge on any atom is -0.298 e. The van der Waals surface area contributed by atoms with Gasteiger partial charge in [-0.05, 0) is 12.2 Å². The predicted molar refractivity (Wildman–Crippen MR) is 87.7 cm³/mol. The van der Waals surface area contributed by atoms with Crippen molar-refractivity contribution in [2.45, 2.75) is 69.6 Å². The van der Waals surface area contributed by atoms with Crippen molar-refractivity contribution in [3.8, 4) is 0 Å². The molecular formula is C16H26OS2. The van der Waals surface area contributed by atoms with E-state index in [-0.39, 0.29) is 0 Å². The fourth-order valence-corrected chi connectivity index (χ4v) is 4.11. The summed E-state index contributed by atoms with van der Waals surface area (Å²) in [6.45, 7) is 2.27. The lowest BCUT2D eigenvalue weighted by Crippen LogP contribution is -1.84. The Balaban J connectivity index is 1.90. The molecule has 0 spiro atoms. The number of carbonyl (C=O) groups is 1. The maximum Gasteiger partial charge on any atom is 0.152 e. The van der Waals surface area contributed by atoms with Gasteiger partial charge in [0, 0.05) is 21.2 Å². The van der Waals surface area contributed by atoms with E-state index in [1.807, 2.05) is 17.1 Å². The molecule has 1 heterocycles. The average Bonchev–Trinajstić information content (AvgIpc) is 2.88. The van der Waals surface area contributed by atoms with Gasteiger partial charge in [-0.3, -0.25) is 4.79 Å². The third kappa shape index (κ3) is 7.78. The zero-order valence-electron chi connectivity index (χ0n) is 12.0. The number of hydrogen-bond donors (Lipinski definition) is 0. The van der Waals surface area contributed by atoms with Gasteiger partial charge in [-0.2, -0.15) is 11.3 Å². The molecule has 1 aromatic rings. The number of aldehydes is 1. The smallest absolute Gasteiger partial charge is 0.152 e. The maximum atomic E-state index is 10.8. The van der Waals surface area contributed by atoms with Crippen LogP contribution < -0.4 is 0 Å². The molecular weight excluding hydrogens is 272 g/mol. The van der Waals surface area contributed by atoms with Gasteiger partial charge in [-0.1, -0.05) is 58.3 Å². The van der Waals surface area contributed by atoms with E-state index in [1.54, 1.807) is 11.3 Å². The van der Waals surface area contributed by atoms with Crippen LogP contribution in [0, 0.1) is 0 Å². The Morgan fingerprint density at radius 1 is 1.00 bits per heavy atom. The molecule has 0 amide bonds. The lowest BCUT2D eigenvalue weighted by molar-refractivity contribution is 0.112. The van der Waals surface area contributed by atoms with Crippen LogP contribution >= 0.6 is 23.1 Å². The quantitative estimate of drug-likeness (QED) is 0.260. The molecule has 0 atom stereocenters. The molecule has 0 fully saturated rings. The number of thiophene rings is 1. The second-order valence-electron chi connectivity index (χ2n) is 4.99. The minimum atomic E-state index is 0.867. The van der Waals surface area contributed by atoms with E-state index in [0.717, 1.165) is 17.6 Å². The zero-order valence-corrected chi connectivity index (χ0v) is 13.7.